The normalized spacial score (nSPS) is 26.9. The lowest BCUT2D eigenvalue weighted by Crippen LogP contribution is -2.59. The van der Waals surface area contributed by atoms with E-state index < -0.39 is 24.1 Å². The fourth-order valence-electron chi connectivity index (χ4n) is 1.30. The highest BCUT2D eigenvalue weighted by Gasteiger charge is 2.67. The first-order valence-electron chi connectivity index (χ1n) is 4.59. The molecular weight excluding hydrogens is 235 g/mol. The van der Waals surface area contributed by atoms with Crippen molar-refractivity contribution in [3.8, 4) is 0 Å². The summed E-state index contributed by atoms with van der Waals surface area (Å²) < 4.78 is 70.6. The highest BCUT2D eigenvalue weighted by atomic mass is 19.4. The predicted octanol–water partition coefficient (Wildman–Crippen LogP) is 2.75. The fraction of sp³-hybridized carbons (Fsp3) is 0.778. The molecule has 0 bridgehead atoms. The molecule has 2 nitrogen and oxygen atoms in total. The van der Waals surface area contributed by atoms with Gasteiger partial charge in [-0.3, -0.25) is 0 Å². The maximum Gasteiger partial charge on any atom is 0.456 e. The van der Waals surface area contributed by atoms with Crippen molar-refractivity contribution >= 4 is 0 Å². The van der Waals surface area contributed by atoms with Crippen LogP contribution in [0.15, 0.2) is 12.3 Å². The Hall–Kier alpha value is -0.850. The van der Waals surface area contributed by atoms with Gasteiger partial charge < -0.3 is 9.47 Å². The van der Waals surface area contributed by atoms with E-state index >= 15 is 0 Å². The molecule has 0 spiro atoms. The quantitative estimate of drug-likeness (QED) is 0.561. The van der Waals surface area contributed by atoms with Crippen molar-refractivity contribution in [2.45, 2.75) is 25.1 Å². The van der Waals surface area contributed by atoms with Crippen molar-refractivity contribution in [1.29, 1.82) is 0 Å². The van der Waals surface area contributed by atoms with Crippen LogP contribution in [0.4, 0.5) is 22.0 Å². The van der Waals surface area contributed by atoms with Crippen LogP contribution in [0, 0.1) is 5.92 Å². The zero-order valence-corrected chi connectivity index (χ0v) is 8.43. The molecule has 0 radical (unpaired) electrons. The zero-order valence-electron chi connectivity index (χ0n) is 8.43. The van der Waals surface area contributed by atoms with Crippen LogP contribution in [0.2, 0.25) is 0 Å². The van der Waals surface area contributed by atoms with E-state index in [4.69, 9.17) is 4.74 Å². The van der Waals surface area contributed by atoms with Crippen LogP contribution in [0.3, 0.4) is 0 Å². The van der Waals surface area contributed by atoms with E-state index in [1.54, 1.807) is 6.92 Å². The molecule has 0 N–H and O–H groups in total. The molecule has 0 aromatic heterocycles. The van der Waals surface area contributed by atoms with Crippen molar-refractivity contribution in [3.63, 3.8) is 0 Å². The Morgan fingerprint density at radius 2 is 1.94 bits per heavy atom. The van der Waals surface area contributed by atoms with E-state index in [1.807, 2.05) is 0 Å². The van der Waals surface area contributed by atoms with Gasteiger partial charge in [0.25, 0.3) is 0 Å². The molecule has 2 unspecified atom stereocenters. The molecule has 0 saturated carbocycles. The lowest BCUT2D eigenvalue weighted by molar-refractivity contribution is -0.353. The SMILES string of the molecule is CC=COCC1COC1C(F)(F)C(F)(F)F. The number of rotatable bonds is 4. The molecule has 1 saturated heterocycles. The van der Waals surface area contributed by atoms with Gasteiger partial charge in [-0.15, -0.1) is 0 Å². The summed E-state index contributed by atoms with van der Waals surface area (Å²) >= 11 is 0. The lowest BCUT2D eigenvalue weighted by Gasteiger charge is -2.41. The van der Waals surface area contributed by atoms with Gasteiger partial charge in [-0.25, -0.2) is 0 Å². The fourth-order valence-corrected chi connectivity index (χ4v) is 1.30. The lowest BCUT2D eigenvalue weighted by atomic mass is 9.93. The highest BCUT2D eigenvalue weighted by molar-refractivity contribution is 4.95. The molecule has 2 atom stereocenters. The van der Waals surface area contributed by atoms with E-state index in [2.05, 4.69) is 4.74 Å². The molecule has 0 amide bonds. The Morgan fingerprint density at radius 3 is 2.31 bits per heavy atom. The highest BCUT2D eigenvalue weighted by Crippen LogP contribution is 2.45. The Labute approximate surface area is 89.0 Å². The van der Waals surface area contributed by atoms with Crippen LogP contribution in [-0.4, -0.2) is 31.4 Å². The number of alkyl halides is 5. The van der Waals surface area contributed by atoms with Gasteiger partial charge in [-0.05, 0) is 6.92 Å². The maximum absolute atomic E-state index is 12.8. The summed E-state index contributed by atoms with van der Waals surface area (Å²) in [5.41, 5.74) is 0. The Balaban J connectivity index is 2.55. The van der Waals surface area contributed by atoms with Gasteiger partial charge in [-0.1, -0.05) is 6.08 Å². The molecule has 1 aliphatic heterocycles. The van der Waals surface area contributed by atoms with Crippen LogP contribution in [0.25, 0.3) is 0 Å². The number of halogens is 5. The van der Waals surface area contributed by atoms with Gasteiger partial charge in [0.15, 0.2) is 0 Å². The van der Waals surface area contributed by atoms with E-state index in [0.29, 0.717) is 0 Å². The molecule has 7 heteroatoms. The number of hydrogen-bond acceptors (Lipinski definition) is 2. The number of ether oxygens (including phenoxy) is 2. The van der Waals surface area contributed by atoms with Crippen molar-refractivity contribution in [2.24, 2.45) is 5.92 Å². The zero-order chi connectivity index (χ0) is 12.4. The summed E-state index contributed by atoms with van der Waals surface area (Å²) in [6.45, 7) is 1.29. The van der Waals surface area contributed by atoms with Crippen LogP contribution in [0.1, 0.15) is 6.92 Å². The summed E-state index contributed by atoms with van der Waals surface area (Å²) in [5, 5.41) is 0. The summed E-state index contributed by atoms with van der Waals surface area (Å²) in [5.74, 6) is -5.76. The minimum Gasteiger partial charge on any atom is -0.501 e. The van der Waals surface area contributed by atoms with Crippen LogP contribution < -0.4 is 0 Å². The van der Waals surface area contributed by atoms with Crippen molar-refractivity contribution in [3.05, 3.63) is 12.3 Å². The van der Waals surface area contributed by atoms with Crippen molar-refractivity contribution < 1.29 is 31.4 Å². The second-order valence-corrected chi connectivity index (χ2v) is 3.44. The summed E-state index contributed by atoms with van der Waals surface area (Å²) in [6.07, 6.45) is -4.98. The standard InChI is InChI=1S/C9H11F5O2/c1-2-3-15-4-6-5-16-7(6)8(10,11)9(12,13)14/h2-3,6-7H,4-5H2,1H3. The predicted molar refractivity (Wildman–Crippen MR) is 45.0 cm³/mol. The first-order valence-corrected chi connectivity index (χ1v) is 4.59. The average molecular weight is 246 g/mol. The molecule has 0 aliphatic carbocycles. The molecule has 0 aromatic carbocycles. The topological polar surface area (TPSA) is 18.5 Å². The molecule has 1 aliphatic rings. The van der Waals surface area contributed by atoms with Gasteiger partial charge in [0.05, 0.1) is 19.5 Å². The monoisotopic (exact) mass is 246 g/mol. The largest absolute Gasteiger partial charge is 0.501 e. The third-order valence-electron chi connectivity index (χ3n) is 2.20. The van der Waals surface area contributed by atoms with Gasteiger partial charge in [0.1, 0.15) is 6.10 Å². The number of allylic oxidation sites excluding steroid dienone is 1. The van der Waals surface area contributed by atoms with Crippen molar-refractivity contribution in [1.82, 2.24) is 0 Å². The Bertz CT molecular complexity index is 261. The molecule has 0 aromatic rings. The molecule has 94 valence electrons. The number of hydrogen-bond donors (Lipinski definition) is 0. The van der Waals surface area contributed by atoms with Gasteiger partial charge in [0, 0.05) is 5.92 Å². The van der Waals surface area contributed by atoms with E-state index in [9.17, 15) is 22.0 Å². The van der Waals surface area contributed by atoms with Crippen LogP contribution in [-0.2, 0) is 9.47 Å². The first-order chi connectivity index (χ1) is 7.30. The van der Waals surface area contributed by atoms with E-state index in [1.165, 1.54) is 12.3 Å². The Kier molecular flexibility index (Phi) is 3.77. The molecule has 1 rings (SSSR count). The second-order valence-electron chi connectivity index (χ2n) is 3.44. The van der Waals surface area contributed by atoms with Gasteiger partial charge in [0.2, 0.25) is 0 Å². The van der Waals surface area contributed by atoms with E-state index in [-0.39, 0.29) is 13.2 Å². The maximum atomic E-state index is 12.8. The average Bonchev–Trinajstić information content (AvgIpc) is 2.07. The molecule has 1 fully saturated rings. The van der Waals surface area contributed by atoms with Gasteiger partial charge >= 0.3 is 12.1 Å². The summed E-state index contributed by atoms with van der Waals surface area (Å²) in [4.78, 5) is 0. The minimum atomic E-state index is -5.59. The third-order valence-corrected chi connectivity index (χ3v) is 2.20. The first kappa shape index (κ1) is 13.2. The molecule has 1 heterocycles. The molecule has 16 heavy (non-hydrogen) atoms. The summed E-state index contributed by atoms with van der Waals surface area (Å²) in [7, 11) is 0. The molecular formula is C9H11F5O2. The minimum absolute atomic E-state index is 0.145. The smallest absolute Gasteiger partial charge is 0.456 e. The van der Waals surface area contributed by atoms with Crippen LogP contribution >= 0.6 is 0 Å². The van der Waals surface area contributed by atoms with Gasteiger partial charge in [-0.2, -0.15) is 22.0 Å². The summed E-state index contributed by atoms with van der Waals surface area (Å²) in [6, 6.07) is 0. The van der Waals surface area contributed by atoms with Crippen molar-refractivity contribution in [2.75, 3.05) is 13.2 Å². The Morgan fingerprint density at radius 1 is 1.31 bits per heavy atom. The third kappa shape index (κ3) is 2.45. The van der Waals surface area contributed by atoms with E-state index in [0.717, 1.165) is 0 Å². The van der Waals surface area contributed by atoms with Crippen LogP contribution in [0.5, 0.6) is 0 Å². The second kappa shape index (κ2) is 4.57.